The fraction of sp³-hybridized carbons (Fsp3) is 0.500. The van der Waals surface area contributed by atoms with Gasteiger partial charge in [-0.05, 0) is 92.7 Å². The number of hydrogen-bond donors (Lipinski definition) is 0. The lowest BCUT2D eigenvalue weighted by atomic mass is 9.80. The minimum Gasteiger partial charge on any atom is -0.493 e. The van der Waals surface area contributed by atoms with Crippen LogP contribution in [-0.2, 0) is 25.7 Å². The Kier molecular flexibility index (Phi) is 4.47. The van der Waals surface area contributed by atoms with Crippen LogP contribution in [0.3, 0.4) is 0 Å². The third-order valence-corrected chi connectivity index (χ3v) is 6.20. The Morgan fingerprint density at radius 1 is 0.815 bits per heavy atom. The molecule has 142 valence electrons. The first-order chi connectivity index (χ1) is 13.4. The van der Waals surface area contributed by atoms with Gasteiger partial charge < -0.3 is 14.2 Å². The van der Waals surface area contributed by atoms with Crippen LogP contribution < -0.4 is 14.2 Å². The van der Waals surface area contributed by atoms with E-state index < -0.39 is 0 Å². The molecule has 0 radical (unpaired) electrons. The van der Waals surface area contributed by atoms with Crippen molar-refractivity contribution in [1.29, 1.82) is 0 Å². The Morgan fingerprint density at radius 2 is 1.52 bits per heavy atom. The van der Waals surface area contributed by atoms with Crippen molar-refractivity contribution in [3.05, 3.63) is 40.5 Å². The normalized spacial score (nSPS) is 17.8. The maximum Gasteiger partial charge on any atom is 0.169 e. The molecule has 2 aromatic carbocycles. The van der Waals surface area contributed by atoms with Gasteiger partial charge in [0.2, 0.25) is 0 Å². The summed E-state index contributed by atoms with van der Waals surface area (Å²) in [6.07, 6.45) is 9.60. The summed E-state index contributed by atoms with van der Waals surface area (Å²) < 4.78 is 18.4. The quantitative estimate of drug-likeness (QED) is 0.741. The van der Waals surface area contributed by atoms with Crippen LogP contribution in [0, 0.1) is 0 Å². The van der Waals surface area contributed by atoms with Crippen LogP contribution in [-0.4, -0.2) is 19.8 Å². The Balaban J connectivity index is 1.82. The van der Waals surface area contributed by atoms with Crippen molar-refractivity contribution in [1.82, 2.24) is 0 Å². The zero-order chi connectivity index (χ0) is 18.2. The van der Waals surface area contributed by atoms with Crippen LogP contribution in [0.2, 0.25) is 0 Å². The molecular formula is C24H28O3. The maximum absolute atomic E-state index is 6.22. The van der Waals surface area contributed by atoms with Gasteiger partial charge >= 0.3 is 0 Å². The molecule has 0 saturated heterocycles. The minimum absolute atomic E-state index is 0.623. The van der Waals surface area contributed by atoms with Gasteiger partial charge in [-0.1, -0.05) is 6.07 Å². The standard InChI is InChI=1S/C24H28O3/c1-2-25-20-12-11-16-7-3-5-9-18(16)22(20)23-19-10-6-4-8-17(19)15-21-24(23)27-14-13-26-21/h11-12,15H,2-10,13-14H2,1H3. The van der Waals surface area contributed by atoms with Crippen LogP contribution in [0.25, 0.3) is 11.1 Å². The van der Waals surface area contributed by atoms with Gasteiger partial charge in [0, 0.05) is 11.1 Å². The van der Waals surface area contributed by atoms with Crippen LogP contribution in [0.1, 0.15) is 54.9 Å². The zero-order valence-corrected chi connectivity index (χ0v) is 16.2. The van der Waals surface area contributed by atoms with Crippen LogP contribution in [0.5, 0.6) is 17.2 Å². The molecule has 0 atom stereocenters. The molecule has 0 fully saturated rings. The highest BCUT2D eigenvalue weighted by atomic mass is 16.6. The smallest absolute Gasteiger partial charge is 0.169 e. The number of benzene rings is 2. The highest BCUT2D eigenvalue weighted by Gasteiger charge is 2.30. The van der Waals surface area contributed by atoms with Crippen molar-refractivity contribution >= 4 is 0 Å². The lowest BCUT2D eigenvalue weighted by Gasteiger charge is -2.30. The summed E-state index contributed by atoms with van der Waals surface area (Å²) in [5, 5.41) is 0. The lowest BCUT2D eigenvalue weighted by Crippen LogP contribution is -2.19. The van der Waals surface area contributed by atoms with Crippen LogP contribution >= 0.6 is 0 Å². The molecule has 0 N–H and O–H groups in total. The molecule has 1 aliphatic heterocycles. The summed E-state index contributed by atoms with van der Waals surface area (Å²) in [6.45, 7) is 4.01. The Morgan fingerprint density at radius 3 is 2.33 bits per heavy atom. The molecule has 3 nitrogen and oxygen atoms in total. The van der Waals surface area contributed by atoms with Gasteiger partial charge in [0.15, 0.2) is 11.5 Å². The molecule has 0 aromatic heterocycles. The molecule has 27 heavy (non-hydrogen) atoms. The van der Waals surface area contributed by atoms with Crippen molar-refractivity contribution in [2.45, 2.75) is 58.3 Å². The van der Waals surface area contributed by atoms with E-state index in [0.717, 1.165) is 36.5 Å². The van der Waals surface area contributed by atoms with E-state index in [1.165, 1.54) is 65.5 Å². The summed E-state index contributed by atoms with van der Waals surface area (Å²) in [7, 11) is 0. The summed E-state index contributed by atoms with van der Waals surface area (Å²) in [5.41, 5.74) is 8.42. The van der Waals surface area contributed by atoms with E-state index in [2.05, 4.69) is 25.1 Å². The van der Waals surface area contributed by atoms with Crippen molar-refractivity contribution in [3.63, 3.8) is 0 Å². The first kappa shape index (κ1) is 17.0. The lowest BCUT2D eigenvalue weighted by molar-refractivity contribution is 0.172. The Hall–Kier alpha value is -2.16. The van der Waals surface area contributed by atoms with Gasteiger partial charge in [-0.15, -0.1) is 0 Å². The van der Waals surface area contributed by atoms with Gasteiger partial charge in [-0.3, -0.25) is 0 Å². The third kappa shape index (κ3) is 2.88. The molecule has 5 rings (SSSR count). The van der Waals surface area contributed by atoms with E-state index in [0.29, 0.717) is 19.8 Å². The van der Waals surface area contributed by atoms with Gasteiger partial charge in [-0.25, -0.2) is 0 Å². The predicted octanol–water partition coefficient (Wildman–Crippen LogP) is 5.28. The first-order valence-electron chi connectivity index (χ1n) is 10.6. The summed E-state index contributed by atoms with van der Waals surface area (Å²) in [6, 6.07) is 6.70. The van der Waals surface area contributed by atoms with Gasteiger partial charge in [0.1, 0.15) is 19.0 Å². The Labute approximate surface area is 161 Å². The molecular weight excluding hydrogens is 336 g/mol. The maximum atomic E-state index is 6.22. The van der Waals surface area contributed by atoms with Crippen LogP contribution in [0.15, 0.2) is 18.2 Å². The van der Waals surface area contributed by atoms with E-state index in [-0.39, 0.29) is 0 Å². The molecule has 0 unspecified atom stereocenters. The molecule has 3 aliphatic rings. The fourth-order valence-corrected chi connectivity index (χ4v) is 5.02. The first-order valence-corrected chi connectivity index (χ1v) is 10.6. The Bertz CT molecular complexity index is 834. The summed E-state index contributed by atoms with van der Waals surface area (Å²) in [4.78, 5) is 0. The predicted molar refractivity (Wildman–Crippen MR) is 107 cm³/mol. The van der Waals surface area contributed by atoms with Gasteiger partial charge in [0.05, 0.1) is 6.61 Å². The highest BCUT2D eigenvalue weighted by molar-refractivity contribution is 5.86. The number of aryl methyl sites for hydroxylation is 2. The third-order valence-electron chi connectivity index (χ3n) is 6.20. The SMILES string of the molecule is CCOc1ccc2c(c1-c1c3c(cc4c1OCCO4)CCCC3)CCCC2. The van der Waals surface area contributed by atoms with Crippen LogP contribution in [0.4, 0.5) is 0 Å². The summed E-state index contributed by atoms with van der Waals surface area (Å²) in [5.74, 6) is 2.88. The second kappa shape index (κ2) is 7.10. The average Bonchev–Trinajstić information content (AvgIpc) is 2.72. The van der Waals surface area contributed by atoms with Gasteiger partial charge in [-0.2, -0.15) is 0 Å². The second-order valence-electron chi connectivity index (χ2n) is 7.84. The van der Waals surface area contributed by atoms with Crippen molar-refractivity contribution < 1.29 is 14.2 Å². The van der Waals surface area contributed by atoms with E-state index in [1.54, 1.807) is 0 Å². The summed E-state index contributed by atoms with van der Waals surface area (Å²) >= 11 is 0. The average molecular weight is 364 g/mol. The van der Waals surface area contributed by atoms with E-state index in [4.69, 9.17) is 14.2 Å². The molecule has 0 bridgehead atoms. The molecule has 2 aliphatic carbocycles. The zero-order valence-electron chi connectivity index (χ0n) is 16.2. The van der Waals surface area contributed by atoms with E-state index >= 15 is 0 Å². The minimum atomic E-state index is 0.623. The van der Waals surface area contributed by atoms with E-state index in [1.807, 2.05) is 0 Å². The largest absolute Gasteiger partial charge is 0.493 e. The molecule has 3 heteroatoms. The van der Waals surface area contributed by atoms with Gasteiger partial charge in [0.25, 0.3) is 0 Å². The number of hydrogen-bond acceptors (Lipinski definition) is 3. The molecule has 0 spiro atoms. The van der Waals surface area contributed by atoms with Crippen molar-refractivity contribution in [2.24, 2.45) is 0 Å². The number of rotatable bonds is 3. The molecule has 0 amide bonds. The molecule has 0 saturated carbocycles. The number of fused-ring (bicyclic) bond motifs is 3. The van der Waals surface area contributed by atoms with E-state index in [9.17, 15) is 0 Å². The number of ether oxygens (including phenoxy) is 3. The second-order valence-corrected chi connectivity index (χ2v) is 7.84. The highest BCUT2D eigenvalue weighted by Crippen LogP contribution is 2.51. The molecule has 2 aromatic rings. The topological polar surface area (TPSA) is 27.7 Å². The fourth-order valence-electron chi connectivity index (χ4n) is 5.02. The molecule has 1 heterocycles. The van der Waals surface area contributed by atoms with Crippen molar-refractivity contribution in [2.75, 3.05) is 19.8 Å². The van der Waals surface area contributed by atoms with Crippen molar-refractivity contribution in [3.8, 4) is 28.4 Å². The monoisotopic (exact) mass is 364 g/mol.